The summed E-state index contributed by atoms with van der Waals surface area (Å²) in [4.78, 5) is 11.2. The predicted octanol–water partition coefficient (Wildman–Crippen LogP) is 2.84. The van der Waals surface area contributed by atoms with Crippen molar-refractivity contribution in [2.45, 2.75) is 33.9 Å². The van der Waals surface area contributed by atoms with Gasteiger partial charge < -0.3 is 10.2 Å². The molecule has 1 N–H and O–H groups in total. The summed E-state index contributed by atoms with van der Waals surface area (Å²) in [6.45, 7) is 9.00. The van der Waals surface area contributed by atoms with Crippen LogP contribution in [0.3, 0.4) is 0 Å². The van der Waals surface area contributed by atoms with Crippen molar-refractivity contribution in [1.29, 1.82) is 0 Å². The van der Waals surface area contributed by atoms with E-state index in [1.807, 2.05) is 19.4 Å². The second kappa shape index (κ2) is 7.18. The van der Waals surface area contributed by atoms with Crippen molar-refractivity contribution in [1.82, 2.24) is 15.3 Å². The Bertz CT molecular complexity index is 581. The largest absolute Gasteiger partial charge is 0.352 e. The number of nitrogens with zero attached hydrogens (tertiary/aromatic N) is 3. The van der Waals surface area contributed by atoms with Crippen molar-refractivity contribution >= 4 is 5.82 Å². The Morgan fingerprint density at radius 3 is 2.52 bits per heavy atom. The van der Waals surface area contributed by atoms with Crippen LogP contribution in [0, 0.1) is 13.8 Å². The van der Waals surface area contributed by atoms with Crippen LogP contribution in [0.25, 0.3) is 0 Å². The summed E-state index contributed by atoms with van der Waals surface area (Å²) in [6, 6.07) is 6.27. The van der Waals surface area contributed by atoms with E-state index in [9.17, 15) is 0 Å². The second-order valence-electron chi connectivity index (χ2n) is 5.28. The van der Waals surface area contributed by atoms with E-state index in [-0.39, 0.29) is 0 Å². The van der Waals surface area contributed by atoms with Crippen molar-refractivity contribution in [2.24, 2.45) is 0 Å². The molecule has 0 spiro atoms. The molecule has 0 radical (unpaired) electrons. The number of rotatable bonds is 6. The molecule has 0 aliphatic carbocycles. The van der Waals surface area contributed by atoms with Gasteiger partial charge in [-0.3, -0.25) is 4.98 Å². The summed E-state index contributed by atoms with van der Waals surface area (Å²) in [5.74, 6) is 1.08. The molecule has 0 saturated carbocycles. The fraction of sp³-hybridized carbons (Fsp3) is 0.412. The van der Waals surface area contributed by atoms with Crippen molar-refractivity contribution in [3.63, 3.8) is 0 Å². The number of hydrogen-bond acceptors (Lipinski definition) is 4. The third-order valence-corrected chi connectivity index (χ3v) is 3.61. The first-order chi connectivity index (χ1) is 10.2. The molecule has 4 nitrogen and oxygen atoms in total. The molecule has 2 aromatic heterocycles. The van der Waals surface area contributed by atoms with Crippen LogP contribution in [0.5, 0.6) is 0 Å². The van der Waals surface area contributed by atoms with Gasteiger partial charge in [-0.1, -0.05) is 0 Å². The molecule has 0 fully saturated rings. The monoisotopic (exact) mass is 284 g/mol. The topological polar surface area (TPSA) is 41.1 Å². The van der Waals surface area contributed by atoms with Crippen molar-refractivity contribution in [3.8, 4) is 0 Å². The molecule has 2 rings (SSSR count). The quantitative estimate of drug-likeness (QED) is 0.885. The molecule has 0 unspecified atom stereocenters. The lowest BCUT2D eigenvalue weighted by atomic mass is 10.1. The summed E-state index contributed by atoms with van der Waals surface area (Å²) in [5, 5.41) is 3.25. The van der Waals surface area contributed by atoms with E-state index in [1.54, 1.807) is 0 Å². The lowest BCUT2D eigenvalue weighted by Gasteiger charge is -2.26. The highest BCUT2D eigenvalue weighted by molar-refractivity contribution is 5.52. The van der Waals surface area contributed by atoms with E-state index in [4.69, 9.17) is 4.98 Å². The van der Waals surface area contributed by atoms with Crippen LogP contribution in [0.1, 0.15) is 29.3 Å². The van der Waals surface area contributed by atoms with E-state index >= 15 is 0 Å². The molecule has 0 amide bonds. The minimum atomic E-state index is 0.835. The van der Waals surface area contributed by atoms with E-state index in [0.29, 0.717) is 0 Å². The SMILES string of the molecule is CCN(Cc1ccncc1)c1nc(C)cc(C)c1CNC. The normalized spacial score (nSPS) is 10.7. The van der Waals surface area contributed by atoms with Gasteiger partial charge in [-0.15, -0.1) is 0 Å². The molecule has 4 heteroatoms. The van der Waals surface area contributed by atoms with Gasteiger partial charge in [-0.2, -0.15) is 0 Å². The lowest BCUT2D eigenvalue weighted by Crippen LogP contribution is -2.26. The van der Waals surface area contributed by atoms with Crippen LogP contribution in [-0.2, 0) is 13.1 Å². The maximum atomic E-state index is 4.79. The average molecular weight is 284 g/mol. The first-order valence-electron chi connectivity index (χ1n) is 7.41. The van der Waals surface area contributed by atoms with Gasteiger partial charge in [-0.05, 0) is 57.1 Å². The Balaban J connectivity index is 2.37. The number of pyridine rings is 2. The van der Waals surface area contributed by atoms with Crippen LogP contribution in [0.2, 0.25) is 0 Å². The molecule has 0 atom stereocenters. The first-order valence-corrected chi connectivity index (χ1v) is 7.41. The predicted molar refractivity (Wildman–Crippen MR) is 87.4 cm³/mol. The van der Waals surface area contributed by atoms with Crippen LogP contribution in [-0.4, -0.2) is 23.6 Å². The molecule has 0 aromatic carbocycles. The van der Waals surface area contributed by atoms with Crippen LogP contribution in [0.4, 0.5) is 5.82 Å². The number of aromatic nitrogens is 2. The number of anilines is 1. The molecule has 2 heterocycles. The smallest absolute Gasteiger partial charge is 0.133 e. The summed E-state index contributed by atoms with van der Waals surface area (Å²) < 4.78 is 0. The Morgan fingerprint density at radius 2 is 1.90 bits per heavy atom. The highest BCUT2D eigenvalue weighted by Crippen LogP contribution is 2.24. The van der Waals surface area contributed by atoms with Crippen molar-refractivity contribution in [3.05, 3.63) is 53.0 Å². The van der Waals surface area contributed by atoms with E-state index in [2.05, 4.69) is 54.2 Å². The van der Waals surface area contributed by atoms with E-state index in [0.717, 1.165) is 31.1 Å². The third kappa shape index (κ3) is 3.79. The fourth-order valence-electron chi connectivity index (χ4n) is 2.55. The number of hydrogen-bond donors (Lipinski definition) is 1. The zero-order chi connectivity index (χ0) is 15.2. The van der Waals surface area contributed by atoms with Gasteiger partial charge in [0.05, 0.1) is 0 Å². The van der Waals surface area contributed by atoms with Gasteiger partial charge in [0.2, 0.25) is 0 Å². The maximum absolute atomic E-state index is 4.79. The van der Waals surface area contributed by atoms with Gasteiger partial charge in [0, 0.05) is 43.3 Å². The van der Waals surface area contributed by atoms with Crippen LogP contribution < -0.4 is 10.2 Å². The highest BCUT2D eigenvalue weighted by Gasteiger charge is 2.14. The van der Waals surface area contributed by atoms with Crippen molar-refractivity contribution < 1.29 is 0 Å². The first kappa shape index (κ1) is 15.4. The van der Waals surface area contributed by atoms with Crippen molar-refractivity contribution in [2.75, 3.05) is 18.5 Å². The molecule has 0 aliphatic heterocycles. The minimum Gasteiger partial charge on any atom is -0.352 e. The molecule has 2 aromatic rings. The average Bonchev–Trinajstić information content (AvgIpc) is 2.48. The van der Waals surface area contributed by atoms with Crippen LogP contribution in [0.15, 0.2) is 30.6 Å². The molecule has 0 bridgehead atoms. The molecule has 0 saturated heterocycles. The molecule has 21 heavy (non-hydrogen) atoms. The van der Waals surface area contributed by atoms with Gasteiger partial charge >= 0.3 is 0 Å². The highest BCUT2D eigenvalue weighted by atomic mass is 15.2. The van der Waals surface area contributed by atoms with Crippen LogP contribution >= 0.6 is 0 Å². The standard InChI is InChI=1S/C17H24N4/c1-5-21(12-15-6-8-19-9-7-15)17-16(11-18-4)13(2)10-14(3)20-17/h6-10,18H,5,11-12H2,1-4H3. The minimum absolute atomic E-state index is 0.835. The zero-order valence-corrected chi connectivity index (χ0v) is 13.3. The summed E-state index contributed by atoms with van der Waals surface area (Å²) >= 11 is 0. The summed E-state index contributed by atoms with van der Waals surface area (Å²) in [5.41, 5.74) is 4.89. The number of aryl methyl sites for hydroxylation is 2. The fourth-order valence-corrected chi connectivity index (χ4v) is 2.55. The zero-order valence-electron chi connectivity index (χ0n) is 13.3. The Kier molecular flexibility index (Phi) is 5.28. The summed E-state index contributed by atoms with van der Waals surface area (Å²) in [6.07, 6.45) is 3.68. The van der Waals surface area contributed by atoms with E-state index in [1.165, 1.54) is 16.7 Å². The van der Waals surface area contributed by atoms with E-state index < -0.39 is 0 Å². The van der Waals surface area contributed by atoms with Gasteiger partial charge in [-0.25, -0.2) is 4.98 Å². The maximum Gasteiger partial charge on any atom is 0.133 e. The van der Waals surface area contributed by atoms with Gasteiger partial charge in [0.25, 0.3) is 0 Å². The Hall–Kier alpha value is -1.94. The van der Waals surface area contributed by atoms with Gasteiger partial charge in [0.15, 0.2) is 0 Å². The Labute approximate surface area is 127 Å². The molecule has 0 aliphatic rings. The second-order valence-corrected chi connectivity index (χ2v) is 5.28. The van der Waals surface area contributed by atoms with Gasteiger partial charge in [0.1, 0.15) is 5.82 Å². The molecular formula is C17H24N4. The molecular weight excluding hydrogens is 260 g/mol. The third-order valence-electron chi connectivity index (χ3n) is 3.61. The molecule has 112 valence electrons. The Morgan fingerprint density at radius 1 is 1.19 bits per heavy atom. The number of nitrogens with one attached hydrogen (secondary N) is 1. The lowest BCUT2D eigenvalue weighted by molar-refractivity contribution is 0.761. The summed E-state index contributed by atoms with van der Waals surface area (Å²) in [7, 11) is 1.97.